The molecule has 0 radical (unpaired) electrons. The first-order valence-corrected chi connectivity index (χ1v) is 12.8. The lowest BCUT2D eigenvalue weighted by atomic mass is 9.98. The molecular weight excluding hydrogens is 450 g/mol. The van der Waals surface area contributed by atoms with Crippen LogP contribution in [0.1, 0.15) is 80.7 Å². The Balaban J connectivity index is 1.70. The smallest absolute Gasteiger partial charge is 0.272 e. The molecule has 1 N–H and O–H groups in total. The van der Waals surface area contributed by atoms with Gasteiger partial charge in [0.15, 0.2) is 11.5 Å². The zero-order valence-electron chi connectivity index (χ0n) is 21.9. The summed E-state index contributed by atoms with van der Waals surface area (Å²) in [5.41, 5.74) is 4.20. The Kier molecular flexibility index (Phi) is 8.07. The number of nitrogens with one attached hydrogen (secondary N) is 1. The summed E-state index contributed by atoms with van der Waals surface area (Å²) < 4.78 is 14.1. The van der Waals surface area contributed by atoms with Crippen molar-refractivity contribution in [1.29, 1.82) is 0 Å². The van der Waals surface area contributed by atoms with Crippen molar-refractivity contribution in [3.8, 4) is 5.69 Å². The van der Waals surface area contributed by atoms with Crippen molar-refractivity contribution in [1.82, 2.24) is 15.1 Å². The van der Waals surface area contributed by atoms with E-state index in [4.69, 9.17) is 14.6 Å². The van der Waals surface area contributed by atoms with Gasteiger partial charge in [-0.05, 0) is 50.0 Å². The lowest BCUT2D eigenvalue weighted by Crippen LogP contribution is -2.43. The summed E-state index contributed by atoms with van der Waals surface area (Å²) in [6, 6.07) is 19.8. The number of carbonyl (C=O) groups is 1. The molecule has 190 valence electrons. The van der Waals surface area contributed by atoms with Crippen LogP contribution < -0.4 is 5.32 Å². The molecule has 1 unspecified atom stereocenters. The molecule has 0 spiro atoms. The van der Waals surface area contributed by atoms with Gasteiger partial charge in [-0.25, -0.2) is 4.68 Å². The van der Waals surface area contributed by atoms with Crippen LogP contribution in [0.3, 0.4) is 0 Å². The van der Waals surface area contributed by atoms with Crippen LogP contribution in [-0.4, -0.2) is 33.7 Å². The van der Waals surface area contributed by atoms with Gasteiger partial charge in [0.2, 0.25) is 0 Å². The predicted molar refractivity (Wildman–Crippen MR) is 143 cm³/mol. The Bertz CT molecular complexity index is 1180. The van der Waals surface area contributed by atoms with Crippen molar-refractivity contribution >= 4 is 12.0 Å². The van der Waals surface area contributed by atoms with E-state index >= 15 is 0 Å². The van der Waals surface area contributed by atoms with Gasteiger partial charge in [-0.15, -0.1) is 0 Å². The summed E-state index contributed by atoms with van der Waals surface area (Å²) in [5, 5.41) is 7.88. The van der Waals surface area contributed by atoms with E-state index < -0.39 is 5.79 Å². The Morgan fingerprint density at radius 3 is 2.42 bits per heavy atom. The van der Waals surface area contributed by atoms with Gasteiger partial charge >= 0.3 is 0 Å². The van der Waals surface area contributed by atoms with E-state index in [0.717, 1.165) is 35.3 Å². The Morgan fingerprint density at radius 1 is 1.11 bits per heavy atom. The average molecular weight is 488 g/mol. The minimum atomic E-state index is -0.642. The Hall–Kier alpha value is -3.22. The maximum absolute atomic E-state index is 13.4. The molecule has 1 aromatic heterocycles. The number of amides is 1. The highest BCUT2D eigenvalue weighted by Gasteiger charge is 2.34. The third-order valence-corrected chi connectivity index (χ3v) is 6.35. The molecule has 3 aromatic rings. The van der Waals surface area contributed by atoms with Crippen LogP contribution in [0.25, 0.3) is 11.8 Å². The summed E-state index contributed by atoms with van der Waals surface area (Å²) in [5.74, 6) is -0.729. The number of benzene rings is 2. The minimum Gasteiger partial charge on any atom is -0.347 e. The molecule has 6 nitrogen and oxygen atoms in total. The van der Waals surface area contributed by atoms with Gasteiger partial charge in [0.25, 0.3) is 5.91 Å². The summed E-state index contributed by atoms with van der Waals surface area (Å²) in [7, 11) is 0. The maximum Gasteiger partial charge on any atom is 0.272 e. The van der Waals surface area contributed by atoms with Crippen molar-refractivity contribution in [3.05, 3.63) is 89.3 Å². The largest absolute Gasteiger partial charge is 0.347 e. The molecule has 1 amide bonds. The zero-order valence-corrected chi connectivity index (χ0v) is 21.9. The van der Waals surface area contributed by atoms with Crippen LogP contribution in [-0.2, 0) is 16.0 Å². The molecule has 0 saturated carbocycles. The fourth-order valence-corrected chi connectivity index (χ4v) is 4.68. The third-order valence-electron chi connectivity index (χ3n) is 6.35. The van der Waals surface area contributed by atoms with E-state index in [9.17, 15) is 4.79 Å². The van der Waals surface area contributed by atoms with Gasteiger partial charge in [0.05, 0.1) is 23.6 Å². The van der Waals surface area contributed by atoms with Gasteiger partial charge in [-0.1, -0.05) is 75.4 Å². The Labute approximate surface area is 214 Å². The van der Waals surface area contributed by atoms with E-state index in [2.05, 4.69) is 38.2 Å². The van der Waals surface area contributed by atoms with Crippen LogP contribution in [0.15, 0.2) is 66.7 Å². The molecule has 1 aliphatic rings. The number of nitrogens with zero attached hydrogens (tertiary/aromatic N) is 2. The molecule has 0 bridgehead atoms. The number of carbonyl (C=O) groups excluding carboxylic acids is 1. The first-order valence-electron chi connectivity index (χ1n) is 12.8. The molecule has 1 fully saturated rings. The standard InChI is InChI=1S/C30H37N3O3/c1-6-24-19-25(36-30(4,5)35-24)17-18-26-27(21(2)3)28(32-33(26)23-15-11-8-12-16-23)29(34)31-20-22-13-9-7-10-14-22/h7-18,21,24-25H,6,19-20H2,1-5H3,(H,31,34)/t24-,25?/m0/s1. The maximum atomic E-state index is 13.4. The van der Waals surface area contributed by atoms with Gasteiger partial charge in [-0.3, -0.25) is 4.79 Å². The van der Waals surface area contributed by atoms with Gasteiger partial charge < -0.3 is 14.8 Å². The molecule has 2 aromatic carbocycles. The SMILES string of the molecule is CC[C@H]1CC(C=Cc2c(C(C)C)c(C(=O)NCc3ccccc3)nn2-c2ccccc2)OC(C)(C)O1. The first-order chi connectivity index (χ1) is 17.3. The molecule has 1 saturated heterocycles. The lowest BCUT2D eigenvalue weighted by molar-refractivity contribution is -0.290. The number of para-hydroxylation sites is 1. The topological polar surface area (TPSA) is 65.4 Å². The quantitative estimate of drug-likeness (QED) is 0.407. The summed E-state index contributed by atoms with van der Waals surface area (Å²) in [4.78, 5) is 13.4. The monoisotopic (exact) mass is 487 g/mol. The van der Waals surface area contributed by atoms with Gasteiger partial charge in [-0.2, -0.15) is 5.10 Å². The normalized spacial score (nSPS) is 19.6. The van der Waals surface area contributed by atoms with Crippen molar-refractivity contribution in [2.24, 2.45) is 0 Å². The third kappa shape index (κ3) is 6.12. The minimum absolute atomic E-state index is 0.0896. The summed E-state index contributed by atoms with van der Waals surface area (Å²) >= 11 is 0. The molecule has 36 heavy (non-hydrogen) atoms. The number of rotatable bonds is 8. The fourth-order valence-electron chi connectivity index (χ4n) is 4.68. The second-order valence-corrected chi connectivity index (χ2v) is 10.0. The molecule has 0 aliphatic carbocycles. The lowest BCUT2D eigenvalue weighted by Gasteiger charge is -2.39. The van der Waals surface area contributed by atoms with Crippen molar-refractivity contribution in [2.75, 3.05) is 0 Å². The number of ether oxygens (including phenoxy) is 2. The van der Waals surface area contributed by atoms with Gasteiger partial charge in [0, 0.05) is 18.5 Å². The highest BCUT2D eigenvalue weighted by Crippen LogP contribution is 2.31. The molecule has 4 rings (SSSR count). The zero-order chi connectivity index (χ0) is 25.7. The predicted octanol–water partition coefficient (Wildman–Crippen LogP) is 6.26. The van der Waals surface area contributed by atoms with E-state index in [1.165, 1.54) is 0 Å². The van der Waals surface area contributed by atoms with E-state index in [-0.39, 0.29) is 24.0 Å². The highest BCUT2D eigenvalue weighted by molar-refractivity contribution is 5.95. The second kappa shape index (κ2) is 11.2. The Morgan fingerprint density at radius 2 is 1.78 bits per heavy atom. The molecule has 2 heterocycles. The number of aromatic nitrogens is 2. The van der Waals surface area contributed by atoms with Crippen molar-refractivity contribution in [2.45, 2.75) is 77.9 Å². The van der Waals surface area contributed by atoms with Crippen LogP contribution in [0.2, 0.25) is 0 Å². The second-order valence-electron chi connectivity index (χ2n) is 10.0. The molecule has 1 aliphatic heterocycles. The number of hydrogen-bond acceptors (Lipinski definition) is 4. The molecule has 6 heteroatoms. The average Bonchev–Trinajstić information content (AvgIpc) is 3.26. The summed E-state index contributed by atoms with van der Waals surface area (Å²) in [6.07, 6.45) is 5.92. The summed E-state index contributed by atoms with van der Waals surface area (Å²) in [6.45, 7) is 10.7. The number of hydrogen-bond donors (Lipinski definition) is 1. The van der Waals surface area contributed by atoms with Crippen molar-refractivity contribution in [3.63, 3.8) is 0 Å². The molecular formula is C30H37N3O3. The van der Waals surface area contributed by atoms with E-state index in [1.807, 2.05) is 79.2 Å². The van der Waals surface area contributed by atoms with Crippen LogP contribution >= 0.6 is 0 Å². The van der Waals surface area contributed by atoms with E-state index in [0.29, 0.717) is 12.2 Å². The molecule has 2 atom stereocenters. The van der Waals surface area contributed by atoms with E-state index in [1.54, 1.807) is 0 Å². The van der Waals surface area contributed by atoms with Crippen molar-refractivity contribution < 1.29 is 14.3 Å². The van der Waals surface area contributed by atoms with Crippen LogP contribution in [0, 0.1) is 0 Å². The van der Waals surface area contributed by atoms with Crippen LogP contribution in [0.4, 0.5) is 0 Å². The highest BCUT2D eigenvalue weighted by atomic mass is 16.7. The van der Waals surface area contributed by atoms with Crippen LogP contribution in [0.5, 0.6) is 0 Å². The first kappa shape index (κ1) is 25.9. The fraction of sp³-hybridized carbons (Fsp3) is 0.400. The van der Waals surface area contributed by atoms with Gasteiger partial charge in [0.1, 0.15) is 0 Å².